The van der Waals surface area contributed by atoms with Crippen molar-refractivity contribution in [3.63, 3.8) is 0 Å². The smallest absolute Gasteiger partial charge is 0.264 e. The molecule has 0 saturated heterocycles. The summed E-state index contributed by atoms with van der Waals surface area (Å²) in [5.41, 5.74) is 0.620. The number of aromatic hydroxyl groups is 2. The zero-order valence-electron chi connectivity index (χ0n) is 9.06. The van der Waals surface area contributed by atoms with E-state index < -0.39 is 5.91 Å². The number of nitrogens with zero attached hydrogens (tertiary/aromatic N) is 1. The van der Waals surface area contributed by atoms with Crippen LogP contribution in [0.1, 0.15) is 16.1 Å². The normalized spacial score (nSPS) is 10.2. The zero-order valence-corrected chi connectivity index (χ0v) is 9.06. The van der Waals surface area contributed by atoms with E-state index in [1.165, 1.54) is 18.2 Å². The molecule has 2 rings (SSSR count). The lowest BCUT2D eigenvalue weighted by atomic mass is 10.1. The topological polar surface area (TPSA) is 98.2 Å². The molecule has 2 aromatic rings. The van der Waals surface area contributed by atoms with Crippen LogP contribution in [-0.2, 0) is 0 Å². The standard InChI is InChI=1S/C11H11N3O3/c1-6-5-9(14-13-6)12-11(17)10-7(15)3-2-4-8(10)16/h2-5,15-16H,1H3,(H2,12,13,14,17). The maximum absolute atomic E-state index is 11.8. The molecule has 0 spiro atoms. The van der Waals surface area contributed by atoms with Crippen LogP contribution in [0.2, 0.25) is 0 Å². The third-order valence-corrected chi connectivity index (χ3v) is 2.20. The Kier molecular flexibility index (Phi) is 2.70. The molecule has 0 fully saturated rings. The minimum Gasteiger partial charge on any atom is -0.507 e. The highest BCUT2D eigenvalue weighted by atomic mass is 16.3. The molecule has 0 aliphatic heterocycles. The third kappa shape index (κ3) is 2.20. The van der Waals surface area contributed by atoms with Crippen LogP contribution >= 0.6 is 0 Å². The number of hydrogen-bond acceptors (Lipinski definition) is 4. The van der Waals surface area contributed by atoms with E-state index >= 15 is 0 Å². The predicted octanol–water partition coefficient (Wildman–Crippen LogP) is 1.38. The van der Waals surface area contributed by atoms with Crippen LogP contribution in [0, 0.1) is 6.92 Å². The van der Waals surface area contributed by atoms with Crippen LogP contribution in [0.3, 0.4) is 0 Å². The van der Waals surface area contributed by atoms with Gasteiger partial charge in [-0.1, -0.05) is 6.07 Å². The molecule has 0 atom stereocenters. The van der Waals surface area contributed by atoms with Gasteiger partial charge in [0, 0.05) is 11.8 Å². The first-order valence-corrected chi connectivity index (χ1v) is 4.92. The van der Waals surface area contributed by atoms with E-state index in [1.54, 1.807) is 13.0 Å². The second-order valence-corrected chi connectivity index (χ2v) is 3.56. The van der Waals surface area contributed by atoms with E-state index in [2.05, 4.69) is 15.5 Å². The number of benzene rings is 1. The van der Waals surface area contributed by atoms with Gasteiger partial charge in [-0.05, 0) is 19.1 Å². The summed E-state index contributed by atoms with van der Waals surface area (Å²) < 4.78 is 0. The molecule has 0 aliphatic rings. The first kappa shape index (κ1) is 11.0. The Morgan fingerprint density at radius 2 is 2.00 bits per heavy atom. The Hall–Kier alpha value is -2.50. The number of rotatable bonds is 2. The van der Waals surface area contributed by atoms with Gasteiger partial charge in [0.05, 0.1) is 0 Å². The molecule has 17 heavy (non-hydrogen) atoms. The van der Waals surface area contributed by atoms with Crippen molar-refractivity contribution in [1.82, 2.24) is 10.2 Å². The fourth-order valence-corrected chi connectivity index (χ4v) is 1.42. The fraction of sp³-hybridized carbons (Fsp3) is 0.0909. The Labute approximate surface area is 96.9 Å². The molecule has 0 bridgehead atoms. The molecule has 0 saturated carbocycles. The minimum absolute atomic E-state index is 0.173. The second kappa shape index (κ2) is 4.17. The SMILES string of the molecule is Cc1cc(NC(=O)c2c(O)cccc2O)n[nH]1. The molecule has 4 N–H and O–H groups in total. The van der Waals surface area contributed by atoms with Crippen LogP contribution in [0.5, 0.6) is 11.5 Å². The summed E-state index contributed by atoms with van der Waals surface area (Å²) in [7, 11) is 0. The van der Waals surface area contributed by atoms with Gasteiger partial charge in [-0.15, -0.1) is 0 Å². The lowest BCUT2D eigenvalue weighted by molar-refractivity contribution is 0.102. The number of amides is 1. The average molecular weight is 233 g/mol. The quantitative estimate of drug-likeness (QED) is 0.629. The van der Waals surface area contributed by atoms with Gasteiger partial charge in [0.15, 0.2) is 5.82 Å². The van der Waals surface area contributed by atoms with Gasteiger partial charge in [-0.25, -0.2) is 0 Å². The zero-order chi connectivity index (χ0) is 12.4. The van der Waals surface area contributed by atoms with E-state index in [1.807, 2.05) is 0 Å². The van der Waals surface area contributed by atoms with Crippen LogP contribution in [-0.4, -0.2) is 26.3 Å². The molecule has 0 unspecified atom stereocenters. The number of aromatic amines is 1. The van der Waals surface area contributed by atoms with E-state index in [9.17, 15) is 15.0 Å². The van der Waals surface area contributed by atoms with Crippen LogP contribution in [0.4, 0.5) is 5.82 Å². The van der Waals surface area contributed by atoms with Gasteiger partial charge in [0.25, 0.3) is 5.91 Å². The second-order valence-electron chi connectivity index (χ2n) is 3.56. The largest absolute Gasteiger partial charge is 0.507 e. The number of aromatic nitrogens is 2. The van der Waals surface area contributed by atoms with Gasteiger partial charge in [0.1, 0.15) is 17.1 Å². The number of hydrogen-bond donors (Lipinski definition) is 4. The monoisotopic (exact) mass is 233 g/mol. The number of aryl methyl sites for hydroxylation is 1. The van der Waals surface area contributed by atoms with Gasteiger partial charge in [0.2, 0.25) is 0 Å². The highest BCUT2D eigenvalue weighted by Gasteiger charge is 2.16. The molecular weight excluding hydrogens is 222 g/mol. The fourth-order valence-electron chi connectivity index (χ4n) is 1.42. The summed E-state index contributed by atoms with van der Waals surface area (Å²) in [5, 5.41) is 27.9. The van der Waals surface area contributed by atoms with E-state index in [0.717, 1.165) is 5.69 Å². The predicted molar refractivity (Wildman–Crippen MR) is 61.0 cm³/mol. The van der Waals surface area contributed by atoms with Crippen LogP contribution in [0.25, 0.3) is 0 Å². The van der Waals surface area contributed by atoms with Crippen molar-refractivity contribution < 1.29 is 15.0 Å². The maximum atomic E-state index is 11.8. The molecule has 88 valence electrons. The Balaban J connectivity index is 2.26. The minimum atomic E-state index is -0.618. The summed E-state index contributed by atoms with van der Waals surface area (Å²) in [6.07, 6.45) is 0. The molecule has 1 heterocycles. The lowest BCUT2D eigenvalue weighted by Crippen LogP contribution is -2.12. The lowest BCUT2D eigenvalue weighted by Gasteiger charge is -2.05. The molecule has 0 aliphatic carbocycles. The van der Waals surface area contributed by atoms with Crippen molar-refractivity contribution in [1.29, 1.82) is 0 Å². The number of anilines is 1. The Morgan fingerprint density at radius 1 is 1.35 bits per heavy atom. The van der Waals surface area contributed by atoms with E-state index in [-0.39, 0.29) is 17.1 Å². The average Bonchev–Trinajstić information content (AvgIpc) is 2.63. The van der Waals surface area contributed by atoms with E-state index in [0.29, 0.717) is 5.82 Å². The van der Waals surface area contributed by atoms with Crippen molar-refractivity contribution in [3.05, 3.63) is 35.5 Å². The van der Waals surface area contributed by atoms with Gasteiger partial charge in [-0.3, -0.25) is 9.89 Å². The Morgan fingerprint density at radius 3 is 2.53 bits per heavy atom. The van der Waals surface area contributed by atoms with Gasteiger partial charge >= 0.3 is 0 Å². The van der Waals surface area contributed by atoms with Gasteiger partial charge in [-0.2, -0.15) is 5.10 Å². The number of H-pyrrole nitrogens is 1. The number of carbonyl (C=O) groups excluding carboxylic acids is 1. The number of phenolic OH excluding ortho intramolecular Hbond substituents is 2. The number of carbonyl (C=O) groups is 1. The highest BCUT2D eigenvalue weighted by Crippen LogP contribution is 2.26. The van der Waals surface area contributed by atoms with Crippen LogP contribution in [0.15, 0.2) is 24.3 Å². The molecule has 1 amide bonds. The molecular formula is C11H11N3O3. The number of nitrogens with one attached hydrogen (secondary N) is 2. The summed E-state index contributed by atoms with van der Waals surface area (Å²) >= 11 is 0. The molecule has 0 radical (unpaired) electrons. The first-order chi connectivity index (χ1) is 8.08. The molecule has 1 aromatic carbocycles. The summed E-state index contributed by atoms with van der Waals surface area (Å²) in [5.74, 6) is -0.855. The summed E-state index contributed by atoms with van der Waals surface area (Å²) in [4.78, 5) is 11.8. The molecule has 1 aromatic heterocycles. The van der Waals surface area contributed by atoms with Crippen LogP contribution < -0.4 is 5.32 Å². The molecule has 6 heteroatoms. The Bertz CT molecular complexity index is 543. The van der Waals surface area contributed by atoms with Crippen molar-refractivity contribution in [2.45, 2.75) is 6.92 Å². The summed E-state index contributed by atoms with van der Waals surface area (Å²) in [6, 6.07) is 5.73. The first-order valence-electron chi connectivity index (χ1n) is 4.92. The van der Waals surface area contributed by atoms with E-state index in [4.69, 9.17) is 0 Å². The molecule has 6 nitrogen and oxygen atoms in total. The van der Waals surface area contributed by atoms with Crippen molar-refractivity contribution >= 4 is 11.7 Å². The highest BCUT2D eigenvalue weighted by molar-refractivity contribution is 6.07. The van der Waals surface area contributed by atoms with Crippen molar-refractivity contribution in [2.75, 3.05) is 5.32 Å². The van der Waals surface area contributed by atoms with Crippen molar-refractivity contribution in [3.8, 4) is 11.5 Å². The maximum Gasteiger partial charge on any atom is 0.264 e. The third-order valence-electron chi connectivity index (χ3n) is 2.20. The number of phenols is 2. The van der Waals surface area contributed by atoms with Gasteiger partial charge < -0.3 is 15.5 Å². The summed E-state index contributed by atoms with van der Waals surface area (Å²) in [6.45, 7) is 1.79. The van der Waals surface area contributed by atoms with Crippen molar-refractivity contribution in [2.24, 2.45) is 0 Å².